The van der Waals surface area contributed by atoms with Crippen molar-refractivity contribution in [3.63, 3.8) is 0 Å². The highest BCUT2D eigenvalue weighted by atomic mass is 32.2. The molecule has 0 aliphatic carbocycles. The molecular formula is C16H21N5O3S. The summed E-state index contributed by atoms with van der Waals surface area (Å²) in [5.74, 6) is 0. The van der Waals surface area contributed by atoms with Gasteiger partial charge in [0.05, 0.1) is 18.5 Å². The molecule has 0 spiro atoms. The molecule has 1 fully saturated rings. The van der Waals surface area contributed by atoms with Gasteiger partial charge in [0.2, 0.25) is 10.0 Å². The minimum absolute atomic E-state index is 0.151. The Labute approximate surface area is 146 Å². The zero-order valence-corrected chi connectivity index (χ0v) is 14.9. The van der Waals surface area contributed by atoms with Crippen molar-refractivity contribution in [3.05, 3.63) is 47.0 Å². The van der Waals surface area contributed by atoms with Gasteiger partial charge in [-0.25, -0.2) is 13.1 Å². The third kappa shape index (κ3) is 4.50. The van der Waals surface area contributed by atoms with Gasteiger partial charge >= 0.3 is 0 Å². The zero-order valence-electron chi connectivity index (χ0n) is 14.1. The fraction of sp³-hybridized carbons (Fsp3) is 0.438. The molecule has 0 bridgehead atoms. The van der Waals surface area contributed by atoms with Crippen LogP contribution in [0.4, 0.5) is 0 Å². The van der Waals surface area contributed by atoms with Gasteiger partial charge in [-0.15, -0.1) is 0 Å². The van der Waals surface area contributed by atoms with E-state index in [0.29, 0.717) is 45.0 Å². The van der Waals surface area contributed by atoms with Gasteiger partial charge in [0.1, 0.15) is 0 Å². The maximum absolute atomic E-state index is 12.0. The van der Waals surface area contributed by atoms with Gasteiger partial charge in [0.25, 0.3) is 5.56 Å². The van der Waals surface area contributed by atoms with E-state index in [1.807, 2.05) is 12.1 Å². The first-order valence-corrected chi connectivity index (χ1v) is 9.94. The standard InChI is InChI=1S/C16H21N5O3S/c1-25(23,24)20-10-7-19(8-11-20)9-12-21-16(22)5-4-15(18-21)14-3-2-6-17-13-14/h2-6,13H,7-12H2,1H3. The van der Waals surface area contributed by atoms with Crippen LogP contribution < -0.4 is 5.56 Å². The summed E-state index contributed by atoms with van der Waals surface area (Å²) in [6, 6.07) is 6.93. The van der Waals surface area contributed by atoms with Crippen LogP contribution in [-0.2, 0) is 16.6 Å². The summed E-state index contributed by atoms with van der Waals surface area (Å²) in [6.07, 6.45) is 4.63. The smallest absolute Gasteiger partial charge is 0.266 e. The molecule has 0 unspecified atom stereocenters. The van der Waals surface area contributed by atoms with E-state index in [1.54, 1.807) is 18.5 Å². The Kier molecular flexibility index (Phi) is 5.26. The molecule has 3 heterocycles. The van der Waals surface area contributed by atoms with E-state index in [9.17, 15) is 13.2 Å². The SMILES string of the molecule is CS(=O)(=O)N1CCN(CCn2nc(-c3cccnc3)ccc2=O)CC1. The van der Waals surface area contributed by atoms with Gasteiger partial charge < -0.3 is 0 Å². The molecule has 25 heavy (non-hydrogen) atoms. The molecule has 3 rings (SSSR count). The molecule has 0 N–H and O–H groups in total. The highest BCUT2D eigenvalue weighted by Crippen LogP contribution is 2.12. The van der Waals surface area contributed by atoms with Crippen molar-refractivity contribution < 1.29 is 8.42 Å². The molecule has 134 valence electrons. The molecule has 0 atom stereocenters. The molecule has 2 aromatic rings. The van der Waals surface area contributed by atoms with E-state index in [0.717, 1.165) is 5.56 Å². The van der Waals surface area contributed by atoms with Crippen molar-refractivity contribution in [3.8, 4) is 11.3 Å². The maximum Gasteiger partial charge on any atom is 0.266 e. The number of sulfonamides is 1. The second-order valence-corrected chi connectivity index (χ2v) is 8.01. The molecule has 1 aliphatic heterocycles. The van der Waals surface area contributed by atoms with Crippen LogP contribution in [0.2, 0.25) is 0 Å². The summed E-state index contributed by atoms with van der Waals surface area (Å²) in [6.45, 7) is 3.40. The Morgan fingerprint density at radius 2 is 1.84 bits per heavy atom. The first-order chi connectivity index (χ1) is 11.9. The summed E-state index contributed by atoms with van der Waals surface area (Å²) in [5, 5.41) is 4.41. The van der Waals surface area contributed by atoms with Crippen molar-refractivity contribution in [1.82, 2.24) is 24.0 Å². The Balaban J connectivity index is 1.63. The van der Waals surface area contributed by atoms with Gasteiger partial charge in [-0.2, -0.15) is 9.40 Å². The first-order valence-electron chi connectivity index (χ1n) is 8.09. The molecule has 8 nitrogen and oxygen atoms in total. The summed E-state index contributed by atoms with van der Waals surface area (Å²) in [4.78, 5) is 18.3. The summed E-state index contributed by atoms with van der Waals surface area (Å²) in [7, 11) is -3.13. The third-order valence-corrected chi connectivity index (χ3v) is 5.56. The van der Waals surface area contributed by atoms with Gasteiger partial charge in [-0.1, -0.05) is 0 Å². The van der Waals surface area contributed by atoms with Crippen LogP contribution in [0.25, 0.3) is 11.3 Å². The van der Waals surface area contributed by atoms with Crippen LogP contribution in [0.1, 0.15) is 0 Å². The van der Waals surface area contributed by atoms with Crippen LogP contribution in [0, 0.1) is 0 Å². The number of hydrogen-bond donors (Lipinski definition) is 0. The average Bonchev–Trinajstić information content (AvgIpc) is 2.61. The number of piperazine rings is 1. The Morgan fingerprint density at radius 1 is 1.08 bits per heavy atom. The van der Waals surface area contributed by atoms with E-state index < -0.39 is 10.0 Å². The number of hydrogen-bond acceptors (Lipinski definition) is 6. The van der Waals surface area contributed by atoms with Crippen molar-refractivity contribution >= 4 is 10.0 Å². The van der Waals surface area contributed by atoms with Crippen LogP contribution in [0.3, 0.4) is 0 Å². The third-order valence-electron chi connectivity index (χ3n) is 4.25. The lowest BCUT2D eigenvalue weighted by Crippen LogP contribution is -2.49. The van der Waals surface area contributed by atoms with Gasteiger partial charge in [-0.05, 0) is 18.2 Å². The molecule has 1 saturated heterocycles. The lowest BCUT2D eigenvalue weighted by Gasteiger charge is -2.33. The second-order valence-electron chi connectivity index (χ2n) is 6.03. The predicted molar refractivity (Wildman–Crippen MR) is 94.6 cm³/mol. The first kappa shape index (κ1) is 17.7. The molecule has 1 aliphatic rings. The van der Waals surface area contributed by atoms with Crippen LogP contribution in [0.5, 0.6) is 0 Å². The average molecular weight is 363 g/mol. The molecule has 0 radical (unpaired) electrons. The maximum atomic E-state index is 12.0. The topological polar surface area (TPSA) is 88.4 Å². The Morgan fingerprint density at radius 3 is 2.48 bits per heavy atom. The zero-order chi connectivity index (χ0) is 17.9. The fourth-order valence-electron chi connectivity index (χ4n) is 2.80. The monoisotopic (exact) mass is 363 g/mol. The summed E-state index contributed by atoms with van der Waals surface area (Å²) >= 11 is 0. The Hall–Kier alpha value is -2.10. The summed E-state index contributed by atoms with van der Waals surface area (Å²) < 4.78 is 26.0. The van der Waals surface area contributed by atoms with E-state index in [1.165, 1.54) is 21.3 Å². The number of aromatic nitrogens is 3. The fourth-order valence-corrected chi connectivity index (χ4v) is 3.62. The second kappa shape index (κ2) is 7.42. The molecule has 0 saturated carbocycles. The minimum Gasteiger partial charge on any atom is -0.299 e. The van der Waals surface area contributed by atoms with Crippen molar-refractivity contribution in [2.45, 2.75) is 6.54 Å². The van der Waals surface area contributed by atoms with E-state index >= 15 is 0 Å². The minimum atomic E-state index is -3.13. The van der Waals surface area contributed by atoms with E-state index in [-0.39, 0.29) is 5.56 Å². The predicted octanol–water partition coefficient (Wildman–Crippen LogP) is -0.117. The molecule has 0 amide bonds. The van der Waals surface area contributed by atoms with Crippen molar-refractivity contribution in [1.29, 1.82) is 0 Å². The normalized spacial score (nSPS) is 16.8. The van der Waals surface area contributed by atoms with Crippen LogP contribution in [0.15, 0.2) is 41.5 Å². The molecule has 2 aromatic heterocycles. The molecule has 0 aromatic carbocycles. The lowest BCUT2D eigenvalue weighted by molar-refractivity contribution is 0.180. The number of pyridine rings is 1. The van der Waals surface area contributed by atoms with Gasteiger partial charge in [0.15, 0.2) is 0 Å². The van der Waals surface area contributed by atoms with Gasteiger partial charge in [0, 0.05) is 56.7 Å². The number of rotatable bonds is 5. The van der Waals surface area contributed by atoms with Crippen LogP contribution >= 0.6 is 0 Å². The van der Waals surface area contributed by atoms with E-state index in [2.05, 4.69) is 15.0 Å². The highest BCUT2D eigenvalue weighted by molar-refractivity contribution is 7.88. The van der Waals surface area contributed by atoms with Crippen molar-refractivity contribution in [2.24, 2.45) is 0 Å². The largest absolute Gasteiger partial charge is 0.299 e. The highest BCUT2D eigenvalue weighted by Gasteiger charge is 2.23. The quantitative estimate of drug-likeness (QED) is 0.736. The van der Waals surface area contributed by atoms with Crippen LogP contribution in [-0.4, -0.2) is 71.4 Å². The van der Waals surface area contributed by atoms with E-state index in [4.69, 9.17) is 0 Å². The number of nitrogens with zero attached hydrogens (tertiary/aromatic N) is 5. The molecular weight excluding hydrogens is 342 g/mol. The molecule has 9 heteroatoms. The van der Waals surface area contributed by atoms with Crippen molar-refractivity contribution in [2.75, 3.05) is 39.0 Å². The summed E-state index contributed by atoms with van der Waals surface area (Å²) in [5.41, 5.74) is 1.41. The van der Waals surface area contributed by atoms with Gasteiger partial charge in [-0.3, -0.25) is 14.7 Å². The Bertz CT molecular complexity index is 874. The lowest BCUT2D eigenvalue weighted by atomic mass is 10.2.